The topological polar surface area (TPSA) is 58.9 Å². The van der Waals surface area contributed by atoms with Crippen molar-refractivity contribution in [3.63, 3.8) is 0 Å². The molecule has 0 unspecified atom stereocenters. The van der Waals surface area contributed by atoms with Gasteiger partial charge in [-0.2, -0.15) is 17.7 Å². The maximum Gasteiger partial charge on any atom is 0.154 e. The highest BCUT2D eigenvalue weighted by Gasteiger charge is 2.08. The number of aromatic nitrogens is 2. The van der Waals surface area contributed by atoms with E-state index in [4.69, 9.17) is 4.42 Å². The number of thiol groups is 1. The average molecular weight is 222 g/mol. The molecule has 0 saturated carbocycles. The molecule has 0 bridgehead atoms. The summed E-state index contributed by atoms with van der Waals surface area (Å²) >= 11 is 3.91. The average Bonchev–Trinajstić information content (AvgIpc) is 2.85. The van der Waals surface area contributed by atoms with E-state index in [-0.39, 0.29) is 11.5 Å². The molecule has 0 radical (unpaired) electrons. The van der Waals surface area contributed by atoms with Crippen molar-refractivity contribution in [2.45, 2.75) is 6.42 Å². The van der Waals surface area contributed by atoms with E-state index in [0.29, 0.717) is 17.9 Å². The molecule has 0 aromatic carbocycles. The first kappa shape index (κ1) is 10.0. The van der Waals surface area contributed by atoms with Crippen LogP contribution in [0.3, 0.4) is 0 Å². The molecule has 2 aromatic rings. The monoisotopic (exact) mass is 222 g/mol. The summed E-state index contributed by atoms with van der Waals surface area (Å²) in [7, 11) is 0. The predicted molar refractivity (Wildman–Crippen MR) is 58.9 cm³/mol. The summed E-state index contributed by atoms with van der Waals surface area (Å²) in [6.45, 7) is 0. The van der Waals surface area contributed by atoms with E-state index in [1.165, 1.54) is 0 Å². The smallest absolute Gasteiger partial charge is 0.154 e. The standard InChI is InChI=1S/C10H10N2O2S/c13-8(6-15)4-7-5-9(12-11-7)10-2-1-3-14-10/h1-3,5,15H,4,6H2,(H,11,12). The third-order valence-corrected chi connectivity index (χ3v) is 2.32. The molecule has 2 heterocycles. The number of aromatic amines is 1. The number of carbonyl (C=O) groups excluding carboxylic acids is 1. The van der Waals surface area contributed by atoms with Gasteiger partial charge in [-0.15, -0.1) is 0 Å². The summed E-state index contributed by atoms with van der Waals surface area (Å²) in [6.07, 6.45) is 1.92. The second-order valence-electron chi connectivity index (χ2n) is 3.13. The highest BCUT2D eigenvalue weighted by atomic mass is 32.1. The van der Waals surface area contributed by atoms with Crippen LogP contribution in [-0.2, 0) is 11.2 Å². The lowest BCUT2D eigenvalue weighted by Gasteiger charge is -1.91. The fraction of sp³-hybridized carbons (Fsp3) is 0.200. The minimum absolute atomic E-state index is 0.0629. The van der Waals surface area contributed by atoms with E-state index in [1.54, 1.807) is 18.4 Å². The molecule has 0 atom stereocenters. The number of rotatable bonds is 4. The first-order chi connectivity index (χ1) is 7.29. The van der Waals surface area contributed by atoms with Gasteiger partial charge in [0.2, 0.25) is 0 Å². The Morgan fingerprint density at radius 1 is 1.60 bits per heavy atom. The molecule has 2 aromatic heterocycles. The maximum absolute atomic E-state index is 11.1. The first-order valence-electron chi connectivity index (χ1n) is 4.50. The van der Waals surface area contributed by atoms with Gasteiger partial charge in [-0.3, -0.25) is 9.89 Å². The van der Waals surface area contributed by atoms with Crippen molar-refractivity contribution in [3.8, 4) is 11.5 Å². The first-order valence-corrected chi connectivity index (χ1v) is 5.13. The molecule has 0 aliphatic heterocycles. The molecule has 78 valence electrons. The quantitative estimate of drug-likeness (QED) is 0.774. The number of nitrogens with one attached hydrogen (secondary N) is 1. The van der Waals surface area contributed by atoms with Crippen molar-refractivity contribution in [3.05, 3.63) is 30.2 Å². The zero-order valence-corrected chi connectivity index (χ0v) is 8.83. The minimum atomic E-state index is 0.0629. The lowest BCUT2D eigenvalue weighted by Crippen LogP contribution is -2.03. The molecule has 0 aliphatic rings. The van der Waals surface area contributed by atoms with Crippen molar-refractivity contribution in [1.82, 2.24) is 10.2 Å². The summed E-state index contributed by atoms with van der Waals surface area (Å²) in [6, 6.07) is 5.42. The Morgan fingerprint density at radius 3 is 3.13 bits per heavy atom. The van der Waals surface area contributed by atoms with Gasteiger partial charge in [0, 0.05) is 17.9 Å². The van der Waals surface area contributed by atoms with Crippen LogP contribution in [0.4, 0.5) is 0 Å². The lowest BCUT2D eigenvalue weighted by atomic mass is 10.2. The highest BCUT2D eigenvalue weighted by molar-refractivity contribution is 7.81. The molecule has 0 aliphatic carbocycles. The van der Waals surface area contributed by atoms with Crippen LogP contribution in [-0.4, -0.2) is 21.7 Å². The molecule has 0 spiro atoms. The molecule has 0 fully saturated rings. The van der Waals surface area contributed by atoms with E-state index >= 15 is 0 Å². The molecule has 0 saturated heterocycles. The molecule has 0 amide bonds. The summed E-state index contributed by atoms with van der Waals surface area (Å²) in [5.41, 5.74) is 1.49. The number of H-pyrrole nitrogens is 1. The van der Waals surface area contributed by atoms with E-state index in [0.717, 1.165) is 5.69 Å². The van der Waals surface area contributed by atoms with E-state index < -0.39 is 0 Å². The van der Waals surface area contributed by atoms with Gasteiger partial charge in [-0.05, 0) is 18.2 Å². The lowest BCUT2D eigenvalue weighted by molar-refractivity contribution is -0.116. The Balaban J connectivity index is 2.14. The van der Waals surface area contributed by atoms with Gasteiger partial charge in [-0.1, -0.05) is 0 Å². The van der Waals surface area contributed by atoms with Crippen LogP contribution >= 0.6 is 12.6 Å². The third kappa shape index (κ3) is 2.30. The molecule has 15 heavy (non-hydrogen) atoms. The Hall–Kier alpha value is -1.49. The summed E-state index contributed by atoms with van der Waals surface area (Å²) in [4.78, 5) is 11.1. The van der Waals surface area contributed by atoms with Crippen molar-refractivity contribution in [2.75, 3.05) is 5.75 Å². The molecule has 2 rings (SSSR count). The van der Waals surface area contributed by atoms with Crippen molar-refractivity contribution in [1.29, 1.82) is 0 Å². The number of furan rings is 1. The second kappa shape index (κ2) is 4.35. The zero-order chi connectivity index (χ0) is 10.7. The van der Waals surface area contributed by atoms with Crippen LogP contribution in [0.5, 0.6) is 0 Å². The fourth-order valence-electron chi connectivity index (χ4n) is 1.27. The zero-order valence-electron chi connectivity index (χ0n) is 7.93. The Kier molecular flexibility index (Phi) is 2.91. The molecular weight excluding hydrogens is 212 g/mol. The van der Waals surface area contributed by atoms with Gasteiger partial charge in [-0.25, -0.2) is 0 Å². The highest BCUT2D eigenvalue weighted by Crippen LogP contribution is 2.17. The normalized spacial score (nSPS) is 10.5. The molecule has 1 N–H and O–H groups in total. The Morgan fingerprint density at radius 2 is 2.47 bits per heavy atom. The van der Waals surface area contributed by atoms with E-state index in [2.05, 4.69) is 22.8 Å². The summed E-state index contributed by atoms with van der Waals surface area (Å²) in [5, 5.41) is 6.84. The van der Waals surface area contributed by atoms with Gasteiger partial charge < -0.3 is 4.42 Å². The molecular formula is C10H10N2O2S. The number of Topliss-reactive ketones (excluding diaryl/α,β-unsaturated/α-hetero) is 1. The van der Waals surface area contributed by atoms with Crippen molar-refractivity contribution >= 4 is 18.4 Å². The number of hydrogen-bond donors (Lipinski definition) is 2. The maximum atomic E-state index is 11.1. The van der Waals surface area contributed by atoms with Crippen LogP contribution in [0.1, 0.15) is 5.69 Å². The van der Waals surface area contributed by atoms with Crippen LogP contribution in [0.15, 0.2) is 28.9 Å². The van der Waals surface area contributed by atoms with Gasteiger partial charge in [0.05, 0.1) is 6.26 Å². The van der Waals surface area contributed by atoms with Crippen LogP contribution in [0, 0.1) is 0 Å². The fourth-order valence-corrected chi connectivity index (χ4v) is 1.38. The van der Waals surface area contributed by atoms with Gasteiger partial charge in [0.15, 0.2) is 5.76 Å². The number of nitrogens with zero attached hydrogens (tertiary/aromatic N) is 1. The Bertz CT molecular complexity index is 448. The van der Waals surface area contributed by atoms with Crippen LogP contribution in [0.2, 0.25) is 0 Å². The largest absolute Gasteiger partial charge is 0.463 e. The molecule has 5 heteroatoms. The van der Waals surface area contributed by atoms with Gasteiger partial charge >= 0.3 is 0 Å². The van der Waals surface area contributed by atoms with Crippen molar-refractivity contribution < 1.29 is 9.21 Å². The number of hydrogen-bond acceptors (Lipinski definition) is 4. The second-order valence-corrected chi connectivity index (χ2v) is 3.45. The third-order valence-electron chi connectivity index (χ3n) is 1.97. The van der Waals surface area contributed by atoms with E-state index in [9.17, 15) is 4.79 Å². The van der Waals surface area contributed by atoms with Crippen LogP contribution in [0.25, 0.3) is 11.5 Å². The molecule has 4 nitrogen and oxygen atoms in total. The number of carbonyl (C=O) groups is 1. The number of ketones is 1. The van der Waals surface area contributed by atoms with Gasteiger partial charge in [0.1, 0.15) is 11.5 Å². The Labute approximate surface area is 92.1 Å². The van der Waals surface area contributed by atoms with E-state index in [1.807, 2.05) is 6.07 Å². The summed E-state index contributed by atoms with van der Waals surface area (Å²) < 4.78 is 5.18. The summed E-state index contributed by atoms with van der Waals surface area (Å²) in [5.74, 6) is 0.999. The predicted octanol–water partition coefficient (Wildman–Crippen LogP) is 1.71. The minimum Gasteiger partial charge on any atom is -0.463 e. The van der Waals surface area contributed by atoms with Crippen LogP contribution < -0.4 is 0 Å². The van der Waals surface area contributed by atoms with Gasteiger partial charge in [0.25, 0.3) is 0 Å². The van der Waals surface area contributed by atoms with Crippen molar-refractivity contribution in [2.24, 2.45) is 0 Å². The SMILES string of the molecule is O=C(CS)Cc1cc(-c2ccco2)n[nH]1.